The first-order valence-electron chi connectivity index (χ1n) is 6.08. The minimum atomic E-state index is 0.139. The zero-order chi connectivity index (χ0) is 13.0. The topological polar surface area (TPSA) is 50.7 Å². The molecule has 100 valence electrons. The summed E-state index contributed by atoms with van der Waals surface area (Å²) < 4.78 is 11.3. The molecule has 5 heteroatoms. The predicted octanol–water partition coefficient (Wildman–Crippen LogP) is 2.43. The summed E-state index contributed by atoms with van der Waals surface area (Å²) in [5.74, 6) is 0.624. The summed E-state index contributed by atoms with van der Waals surface area (Å²) in [5, 5.41) is 13.1. The molecule has 18 heavy (non-hydrogen) atoms. The van der Waals surface area contributed by atoms with E-state index in [0.717, 1.165) is 38.1 Å². The van der Waals surface area contributed by atoms with E-state index in [2.05, 4.69) is 21.2 Å². The molecule has 0 spiro atoms. The number of methoxy groups -OCH3 is 1. The molecular formula is C13H18BrNO3. The fourth-order valence-electron chi connectivity index (χ4n) is 2.07. The number of hydrogen-bond acceptors (Lipinski definition) is 4. The summed E-state index contributed by atoms with van der Waals surface area (Å²) in [5.41, 5.74) is 1.06. The molecule has 0 radical (unpaired) electrons. The van der Waals surface area contributed by atoms with Crippen molar-refractivity contribution < 1.29 is 14.6 Å². The Hall–Kier alpha value is -0.780. The van der Waals surface area contributed by atoms with Crippen LogP contribution < -0.4 is 10.1 Å². The summed E-state index contributed by atoms with van der Waals surface area (Å²) >= 11 is 3.31. The Kier molecular flexibility index (Phi) is 4.86. The molecule has 1 aromatic carbocycles. The van der Waals surface area contributed by atoms with E-state index in [9.17, 15) is 5.11 Å². The quantitative estimate of drug-likeness (QED) is 0.876. The Bertz CT molecular complexity index is 405. The molecule has 1 aliphatic heterocycles. The normalized spacial score (nSPS) is 19.1. The summed E-state index contributed by atoms with van der Waals surface area (Å²) in [7, 11) is 1.55. The zero-order valence-electron chi connectivity index (χ0n) is 10.4. The van der Waals surface area contributed by atoms with E-state index in [0.29, 0.717) is 16.3 Å². The fraction of sp³-hybridized carbons (Fsp3) is 0.538. The van der Waals surface area contributed by atoms with Crippen LogP contribution >= 0.6 is 15.9 Å². The molecule has 0 aliphatic carbocycles. The van der Waals surface area contributed by atoms with E-state index in [1.165, 1.54) is 0 Å². The summed E-state index contributed by atoms with van der Waals surface area (Å²) in [4.78, 5) is 0. The lowest BCUT2D eigenvalue weighted by Crippen LogP contribution is -2.25. The van der Waals surface area contributed by atoms with Crippen molar-refractivity contribution in [3.05, 3.63) is 22.2 Å². The van der Waals surface area contributed by atoms with Gasteiger partial charge in [-0.25, -0.2) is 0 Å². The SMILES string of the molecule is COc1cc(CNCC2CCCO2)cc(Br)c1O. The molecular weight excluding hydrogens is 298 g/mol. The van der Waals surface area contributed by atoms with Crippen LogP contribution in [-0.2, 0) is 11.3 Å². The number of ether oxygens (including phenoxy) is 2. The second kappa shape index (κ2) is 6.41. The van der Waals surface area contributed by atoms with Crippen molar-refractivity contribution in [3.63, 3.8) is 0 Å². The maximum absolute atomic E-state index is 9.71. The van der Waals surface area contributed by atoms with Gasteiger partial charge in [-0.15, -0.1) is 0 Å². The van der Waals surface area contributed by atoms with Gasteiger partial charge in [-0.05, 0) is 46.5 Å². The first-order valence-corrected chi connectivity index (χ1v) is 6.87. The Balaban J connectivity index is 1.90. The Morgan fingerprint density at radius 2 is 2.39 bits per heavy atom. The van der Waals surface area contributed by atoms with Gasteiger partial charge in [0.1, 0.15) is 0 Å². The maximum Gasteiger partial charge on any atom is 0.172 e. The smallest absolute Gasteiger partial charge is 0.172 e. The molecule has 1 heterocycles. The number of aromatic hydroxyl groups is 1. The van der Waals surface area contributed by atoms with Gasteiger partial charge in [0.25, 0.3) is 0 Å². The zero-order valence-corrected chi connectivity index (χ0v) is 12.0. The van der Waals surface area contributed by atoms with Gasteiger partial charge >= 0.3 is 0 Å². The standard InChI is InChI=1S/C13H18BrNO3/c1-17-12-6-9(5-11(14)13(12)16)7-15-8-10-3-2-4-18-10/h5-6,10,15-16H,2-4,7-8H2,1H3. The van der Waals surface area contributed by atoms with Crippen LogP contribution in [0.25, 0.3) is 0 Å². The van der Waals surface area contributed by atoms with Gasteiger partial charge in [-0.2, -0.15) is 0 Å². The molecule has 0 amide bonds. The van der Waals surface area contributed by atoms with Crippen LogP contribution in [0.15, 0.2) is 16.6 Å². The van der Waals surface area contributed by atoms with Crippen molar-refractivity contribution in [3.8, 4) is 11.5 Å². The second-order valence-corrected chi connectivity index (χ2v) is 5.25. The van der Waals surface area contributed by atoms with Crippen LogP contribution in [0, 0.1) is 0 Å². The molecule has 2 N–H and O–H groups in total. The van der Waals surface area contributed by atoms with Crippen LogP contribution in [-0.4, -0.2) is 31.5 Å². The lowest BCUT2D eigenvalue weighted by Gasteiger charge is -2.12. The molecule has 0 bridgehead atoms. The first-order chi connectivity index (χ1) is 8.70. The van der Waals surface area contributed by atoms with Gasteiger partial charge in [-0.3, -0.25) is 0 Å². The van der Waals surface area contributed by atoms with E-state index >= 15 is 0 Å². The minimum Gasteiger partial charge on any atom is -0.503 e. The molecule has 1 unspecified atom stereocenters. The van der Waals surface area contributed by atoms with E-state index in [1.807, 2.05) is 12.1 Å². The molecule has 0 saturated carbocycles. The molecule has 1 aromatic rings. The molecule has 1 atom stereocenters. The largest absolute Gasteiger partial charge is 0.503 e. The van der Waals surface area contributed by atoms with Gasteiger partial charge < -0.3 is 19.9 Å². The van der Waals surface area contributed by atoms with Gasteiger partial charge in [0.05, 0.1) is 17.7 Å². The van der Waals surface area contributed by atoms with Crippen molar-refractivity contribution >= 4 is 15.9 Å². The summed E-state index contributed by atoms with van der Waals surface area (Å²) in [6.45, 7) is 2.47. The van der Waals surface area contributed by atoms with Gasteiger partial charge in [0.2, 0.25) is 0 Å². The number of benzene rings is 1. The van der Waals surface area contributed by atoms with Crippen LogP contribution in [0.3, 0.4) is 0 Å². The highest BCUT2D eigenvalue weighted by atomic mass is 79.9. The number of phenolic OH excluding ortho intramolecular Hbond substituents is 1. The molecule has 1 saturated heterocycles. The third-order valence-electron chi connectivity index (χ3n) is 3.03. The van der Waals surface area contributed by atoms with Crippen LogP contribution in [0.1, 0.15) is 18.4 Å². The Morgan fingerprint density at radius 3 is 3.06 bits per heavy atom. The molecule has 1 fully saturated rings. The average molecular weight is 316 g/mol. The third-order valence-corrected chi connectivity index (χ3v) is 3.64. The van der Waals surface area contributed by atoms with E-state index in [4.69, 9.17) is 9.47 Å². The van der Waals surface area contributed by atoms with E-state index in [-0.39, 0.29) is 5.75 Å². The molecule has 2 rings (SSSR count). The van der Waals surface area contributed by atoms with Crippen molar-refractivity contribution in [1.29, 1.82) is 0 Å². The number of rotatable bonds is 5. The highest BCUT2D eigenvalue weighted by molar-refractivity contribution is 9.10. The van der Waals surface area contributed by atoms with Crippen LogP contribution in [0.5, 0.6) is 11.5 Å². The Morgan fingerprint density at radius 1 is 1.56 bits per heavy atom. The summed E-state index contributed by atoms with van der Waals surface area (Å²) in [6, 6.07) is 3.73. The second-order valence-electron chi connectivity index (χ2n) is 4.39. The lowest BCUT2D eigenvalue weighted by molar-refractivity contribution is 0.110. The molecule has 4 nitrogen and oxygen atoms in total. The van der Waals surface area contributed by atoms with Crippen molar-refractivity contribution in [2.45, 2.75) is 25.5 Å². The van der Waals surface area contributed by atoms with Crippen LogP contribution in [0.4, 0.5) is 0 Å². The summed E-state index contributed by atoms with van der Waals surface area (Å²) in [6.07, 6.45) is 2.63. The highest BCUT2D eigenvalue weighted by Gasteiger charge is 2.15. The van der Waals surface area contributed by atoms with Crippen molar-refractivity contribution in [1.82, 2.24) is 5.32 Å². The average Bonchev–Trinajstić information content (AvgIpc) is 2.86. The number of nitrogens with one attached hydrogen (secondary N) is 1. The lowest BCUT2D eigenvalue weighted by atomic mass is 10.2. The highest BCUT2D eigenvalue weighted by Crippen LogP contribution is 2.35. The van der Waals surface area contributed by atoms with Gasteiger partial charge in [0.15, 0.2) is 11.5 Å². The minimum absolute atomic E-state index is 0.139. The monoisotopic (exact) mass is 315 g/mol. The van der Waals surface area contributed by atoms with Crippen molar-refractivity contribution in [2.75, 3.05) is 20.3 Å². The molecule has 0 aromatic heterocycles. The number of halogens is 1. The van der Waals surface area contributed by atoms with Crippen molar-refractivity contribution in [2.24, 2.45) is 0 Å². The van der Waals surface area contributed by atoms with E-state index in [1.54, 1.807) is 7.11 Å². The number of hydrogen-bond donors (Lipinski definition) is 2. The van der Waals surface area contributed by atoms with Crippen LogP contribution in [0.2, 0.25) is 0 Å². The van der Waals surface area contributed by atoms with Gasteiger partial charge in [0, 0.05) is 19.7 Å². The molecule has 1 aliphatic rings. The number of phenols is 1. The van der Waals surface area contributed by atoms with E-state index < -0.39 is 0 Å². The predicted molar refractivity (Wildman–Crippen MR) is 73.0 cm³/mol. The third kappa shape index (κ3) is 3.37. The Labute approximate surface area is 115 Å². The maximum atomic E-state index is 9.71. The fourth-order valence-corrected chi connectivity index (χ4v) is 2.56. The first kappa shape index (κ1) is 13.6. The van der Waals surface area contributed by atoms with Gasteiger partial charge in [-0.1, -0.05) is 0 Å².